The van der Waals surface area contributed by atoms with Gasteiger partial charge < -0.3 is 5.32 Å². The van der Waals surface area contributed by atoms with E-state index in [1.807, 2.05) is 6.07 Å². The van der Waals surface area contributed by atoms with E-state index in [4.69, 9.17) is 0 Å². The number of hydrogen-bond acceptors (Lipinski definition) is 2. The maximum atomic E-state index is 12.5. The van der Waals surface area contributed by atoms with Crippen LogP contribution in [-0.2, 0) is 12.8 Å². The van der Waals surface area contributed by atoms with E-state index in [-0.39, 0.29) is 12.0 Å². The molecule has 0 spiro atoms. The SMILES string of the molecule is Cc1cc(C=CC(F)(F)F)ccc1C(=O)Nc1cnc2c(c1)CCCC2. The van der Waals surface area contributed by atoms with Gasteiger partial charge in [0, 0.05) is 17.3 Å². The molecule has 6 heteroatoms. The number of aromatic nitrogens is 1. The van der Waals surface area contributed by atoms with Gasteiger partial charge in [0.1, 0.15) is 0 Å². The molecule has 1 aromatic carbocycles. The summed E-state index contributed by atoms with van der Waals surface area (Å²) in [6, 6.07) is 6.54. The fourth-order valence-corrected chi connectivity index (χ4v) is 3.09. The van der Waals surface area contributed by atoms with Gasteiger partial charge in [-0.3, -0.25) is 9.78 Å². The highest BCUT2D eigenvalue weighted by atomic mass is 19.4. The monoisotopic (exact) mass is 360 g/mol. The quantitative estimate of drug-likeness (QED) is 0.828. The normalized spacial score (nSPS) is 14.3. The number of pyridine rings is 1. The molecule has 136 valence electrons. The Morgan fingerprint density at radius 3 is 2.69 bits per heavy atom. The van der Waals surface area contributed by atoms with Crippen molar-refractivity contribution in [2.75, 3.05) is 5.32 Å². The zero-order chi connectivity index (χ0) is 18.7. The minimum atomic E-state index is -4.36. The first-order valence-corrected chi connectivity index (χ1v) is 8.47. The number of amides is 1. The second-order valence-corrected chi connectivity index (χ2v) is 6.44. The van der Waals surface area contributed by atoms with Crippen molar-refractivity contribution >= 4 is 17.7 Å². The van der Waals surface area contributed by atoms with E-state index in [1.165, 1.54) is 17.7 Å². The van der Waals surface area contributed by atoms with Crippen LogP contribution in [0.15, 0.2) is 36.5 Å². The van der Waals surface area contributed by atoms with Crippen molar-refractivity contribution in [3.63, 3.8) is 0 Å². The number of carbonyl (C=O) groups excluding carboxylic acids is 1. The number of rotatable bonds is 3. The summed E-state index contributed by atoms with van der Waals surface area (Å²) in [6.45, 7) is 1.70. The van der Waals surface area contributed by atoms with Gasteiger partial charge >= 0.3 is 6.18 Å². The highest BCUT2D eigenvalue weighted by Crippen LogP contribution is 2.23. The van der Waals surface area contributed by atoms with E-state index in [9.17, 15) is 18.0 Å². The predicted molar refractivity (Wildman–Crippen MR) is 95.1 cm³/mol. The molecule has 3 nitrogen and oxygen atoms in total. The summed E-state index contributed by atoms with van der Waals surface area (Å²) >= 11 is 0. The van der Waals surface area contributed by atoms with Crippen molar-refractivity contribution in [3.8, 4) is 0 Å². The van der Waals surface area contributed by atoms with Gasteiger partial charge in [0.2, 0.25) is 0 Å². The summed E-state index contributed by atoms with van der Waals surface area (Å²) in [5.41, 5.74) is 4.32. The molecule has 0 unspecified atom stereocenters. The van der Waals surface area contributed by atoms with E-state index in [0.29, 0.717) is 22.4 Å². The molecule has 0 radical (unpaired) electrons. The molecule has 0 fully saturated rings. The van der Waals surface area contributed by atoms with E-state index in [2.05, 4.69) is 10.3 Å². The van der Waals surface area contributed by atoms with Crippen LogP contribution in [0.1, 0.15) is 45.6 Å². The standard InChI is InChI=1S/C20H19F3N2O/c1-13-10-14(8-9-20(21,22)23)6-7-17(13)19(26)25-16-11-15-4-2-3-5-18(15)24-12-16/h6-12H,2-5H2,1H3,(H,25,26). The van der Waals surface area contributed by atoms with Gasteiger partial charge in [-0.1, -0.05) is 18.2 Å². The number of allylic oxidation sites excluding steroid dienone is 1. The molecule has 1 aliphatic rings. The number of fused-ring (bicyclic) bond motifs is 1. The molecule has 1 N–H and O–H groups in total. The molecule has 2 aromatic rings. The Balaban J connectivity index is 1.75. The Bertz CT molecular complexity index is 857. The van der Waals surface area contributed by atoms with Crippen molar-refractivity contribution < 1.29 is 18.0 Å². The summed E-state index contributed by atoms with van der Waals surface area (Å²) in [7, 11) is 0. The van der Waals surface area contributed by atoms with Crippen molar-refractivity contribution in [2.24, 2.45) is 0 Å². The molecule has 0 saturated heterocycles. The van der Waals surface area contributed by atoms with Crippen molar-refractivity contribution in [1.29, 1.82) is 0 Å². The van der Waals surface area contributed by atoms with Crippen molar-refractivity contribution in [3.05, 3.63) is 64.5 Å². The van der Waals surface area contributed by atoms with E-state index >= 15 is 0 Å². The molecule has 1 heterocycles. The van der Waals surface area contributed by atoms with Crippen LogP contribution in [0.3, 0.4) is 0 Å². The summed E-state index contributed by atoms with van der Waals surface area (Å²) < 4.78 is 36.8. The third-order valence-corrected chi connectivity index (χ3v) is 4.39. The molecule has 1 aliphatic carbocycles. The maximum absolute atomic E-state index is 12.5. The molecule has 1 aromatic heterocycles. The van der Waals surface area contributed by atoms with Gasteiger partial charge in [0.05, 0.1) is 11.9 Å². The number of halogens is 3. The third-order valence-electron chi connectivity index (χ3n) is 4.39. The number of aryl methyl sites for hydroxylation is 3. The lowest BCUT2D eigenvalue weighted by atomic mass is 9.96. The molecule has 26 heavy (non-hydrogen) atoms. The van der Waals surface area contributed by atoms with E-state index < -0.39 is 6.18 Å². The summed E-state index contributed by atoms with van der Waals surface area (Å²) in [5, 5.41) is 2.83. The average molecular weight is 360 g/mol. The topological polar surface area (TPSA) is 42.0 Å². The zero-order valence-electron chi connectivity index (χ0n) is 14.4. The van der Waals surface area contributed by atoms with Gasteiger partial charge in [-0.2, -0.15) is 13.2 Å². The van der Waals surface area contributed by atoms with Crippen LogP contribution < -0.4 is 5.32 Å². The minimum Gasteiger partial charge on any atom is -0.321 e. The number of anilines is 1. The van der Waals surface area contributed by atoms with Crippen LogP contribution in [0.2, 0.25) is 0 Å². The highest BCUT2D eigenvalue weighted by molar-refractivity contribution is 6.05. The van der Waals surface area contributed by atoms with Crippen LogP contribution in [0.25, 0.3) is 6.08 Å². The summed E-state index contributed by atoms with van der Waals surface area (Å²) in [5.74, 6) is -0.300. The average Bonchev–Trinajstić information content (AvgIpc) is 2.59. The van der Waals surface area contributed by atoms with Gasteiger partial charge in [-0.25, -0.2) is 0 Å². The second kappa shape index (κ2) is 7.32. The van der Waals surface area contributed by atoms with E-state index in [1.54, 1.807) is 19.2 Å². The van der Waals surface area contributed by atoms with Crippen molar-refractivity contribution in [1.82, 2.24) is 4.98 Å². The first-order chi connectivity index (χ1) is 12.3. The van der Waals surface area contributed by atoms with Crippen LogP contribution in [0, 0.1) is 6.92 Å². The Morgan fingerprint density at radius 1 is 1.19 bits per heavy atom. The van der Waals surface area contributed by atoms with Gasteiger partial charge in [0.25, 0.3) is 5.91 Å². The number of nitrogens with zero attached hydrogens (tertiary/aromatic N) is 1. The molecule has 0 saturated carbocycles. The predicted octanol–water partition coefficient (Wildman–Crippen LogP) is 5.10. The largest absolute Gasteiger partial charge is 0.409 e. The summed E-state index contributed by atoms with van der Waals surface area (Å²) in [4.78, 5) is 16.9. The fraction of sp³-hybridized carbons (Fsp3) is 0.300. The molecule has 0 bridgehead atoms. The molecule has 0 atom stereocenters. The first kappa shape index (κ1) is 18.2. The molecule has 0 aliphatic heterocycles. The number of benzene rings is 1. The minimum absolute atomic E-state index is 0.181. The van der Waals surface area contributed by atoms with Gasteiger partial charge in [0.15, 0.2) is 0 Å². The number of nitrogens with one attached hydrogen (secondary N) is 1. The smallest absolute Gasteiger partial charge is 0.321 e. The number of alkyl halides is 3. The third kappa shape index (κ3) is 4.50. The number of carbonyl (C=O) groups is 1. The zero-order valence-corrected chi connectivity index (χ0v) is 14.4. The molecule has 1 amide bonds. The number of hydrogen-bond donors (Lipinski definition) is 1. The Hall–Kier alpha value is -2.63. The maximum Gasteiger partial charge on any atom is 0.409 e. The highest BCUT2D eigenvalue weighted by Gasteiger charge is 2.22. The summed E-state index contributed by atoms with van der Waals surface area (Å²) in [6.07, 6.45) is 2.66. The van der Waals surface area contributed by atoms with Crippen LogP contribution in [0.5, 0.6) is 0 Å². The lowest BCUT2D eigenvalue weighted by Crippen LogP contribution is -2.15. The van der Waals surface area contributed by atoms with Crippen LogP contribution >= 0.6 is 0 Å². The lowest BCUT2D eigenvalue weighted by molar-refractivity contribution is -0.0790. The Kier molecular flexibility index (Phi) is 5.11. The molecular formula is C20H19F3N2O. The second-order valence-electron chi connectivity index (χ2n) is 6.44. The van der Waals surface area contributed by atoms with Gasteiger partial charge in [-0.15, -0.1) is 0 Å². The van der Waals surface area contributed by atoms with Crippen molar-refractivity contribution in [2.45, 2.75) is 38.8 Å². The molecule has 3 rings (SSSR count). The van der Waals surface area contributed by atoms with Gasteiger partial charge in [-0.05, 0) is 61.4 Å². The fourth-order valence-electron chi connectivity index (χ4n) is 3.09. The Morgan fingerprint density at radius 2 is 1.96 bits per heavy atom. The molecular weight excluding hydrogens is 341 g/mol. The van der Waals surface area contributed by atoms with Crippen LogP contribution in [0.4, 0.5) is 18.9 Å². The lowest BCUT2D eigenvalue weighted by Gasteiger charge is -2.16. The van der Waals surface area contributed by atoms with Crippen LogP contribution in [-0.4, -0.2) is 17.1 Å². The Labute approximate surface area is 150 Å². The first-order valence-electron chi connectivity index (χ1n) is 8.47. The van der Waals surface area contributed by atoms with E-state index in [0.717, 1.165) is 37.5 Å².